The summed E-state index contributed by atoms with van der Waals surface area (Å²) in [7, 11) is 0. The highest BCUT2D eigenvalue weighted by molar-refractivity contribution is 6.76. The zero-order chi connectivity index (χ0) is 12.2. The smallest absolute Gasteiger partial charge is 0.268 e. The second kappa shape index (κ2) is 5.53. The Morgan fingerprint density at radius 1 is 1.25 bits per heavy atom. The quantitative estimate of drug-likeness (QED) is 0.505. The number of rotatable bonds is 2. The summed E-state index contributed by atoms with van der Waals surface area (Å²) < 4.78 is -2.00. The Hall–Kier alpha value is -0.770. The number of nitrogens with zero attached hydrogens (tertiary/aromatic N) is 1. The van der Waals surface area contributed by atoms with Gasteiger partial charge in [0, 0.05) is 0 Å². The minimum absolute atomic E-state index is 0.628. The summed E-state index contributed by atoms with van der Waals surface area (Å²) in [5, 5.41) is 3.82. The number of halogens is 3. The molecule has 1 N–H and O–H groups in total. The minimum Gasteiger partial charge on any atom is -0.268 e. The van der Waals surface area contributed by atoms with E-state index in [1.54, 1.807) is 6.92 Å². The number of benzene rings is 1. The number of carbonyl (C=O) groups excluding carboxylic acids is 1. The van der Waals surface area contributed by atoms with Gasteiger partial charge in [0.2, 0.25) is 0 Å². The van der Waals surface area contributed by atoms with E-state index >= 15 is 0 Å². The number of hydrogen-bond acceptors (Lipinski definition) is 2. The van der Waals surface area contributed by atoms with Crippen LogP contribution in [-0.4, -0.2) is 15.4 Å². The molecule has 0 aliphatic heterocycles. The molecule has 0 atom stereocenters. The molecule has 0 aromatic heterocycles. The fourth-order valence-electron chi connectivity index (χ4n) is 0.942. The third-order valence-electron chi connectivity index (χ3n) is 1.77. The highest BCUT2D eigenvalue weighted by Crippen LogP contribution is 2.25. The van der Waals surface area contributed by atoms with E-state index in [0.717, 1.165) is 5.56 Å². The first-order valence-corrected chi connectivity index (χ1v) is 5.51. The second-order valence-electron chi connectivity index (χ2n) is 3.00. The maximum atomic E-state index is 11.2. The van der Waals surface area contributed by atoms with Gasteiger partial charge < -0.3 is 0 Å². The summed E-state index contributed by atoms with van der Waals surface area (Å²) in [6.45, 7) is 1.74. The molecule has 0 radical (unpaired) electrons. The van der Waals surface area contributed by atoms with E-state index in [-0.39, 0.29) is 0 Å². The molecule has 1 amide bonds. The molecule has 1 rings (SSSR count). The number of amides is 1. The molecule has 0 saturated carbocycles. The van der Waals surface area contributed by atoms with E-state index < -0.39 is 9.70 Å². The van der Waals surface area contributed by atoms with Crippen molar-refractivity contribution in [1.29, 1.82) is 0 Å². The van der Waals surface area contributed by atoms with Crippen molar-refractivity contribution in [3.63, 3.8) is 0 Å². The predicted molar refractivity (Wildman–Crippen MR) is 67.1 cm³/mol. The highest BCUT2D eigenvalue weighted by Gasteiger charge is 2.30. The topological polar surface area (TPSA) is 41.5 Å². The van der Waals surface area contributed by atoms with Gasteiger partial charge in [-0.05, 0) is 12.5 Å². The van der Waals surface area contributed by atoms with Gasteiger partial charge in [0.15, 0.2) is 0 Å². The van der Waals surface area contributed by atoms with Crippen LogP contribution in [0.15, 0.2) is 35.4 Å². The number of alkyl halides is 3. The first-order valence-electron chi connectivity index (χ1n) is 4.38. The predicted octanol–water partition coefficient (Wildman–Crippen LogP) is 2.90. The Morgan fingerprint density at radius 2 is 1.81 bits per heavy atom. The fourth-order valence-corrected chi connectivity index (χ4v) is 1.07. The third kappa shape index (κ3) is 4.00. The lowest BCUT2D eigenvalue weighted by molar-refractivity contribution is -0.120. The average Bonchev–Trinajstić information content (AvgIpc) is 2.25. The zero-order valence-electron chi connectivity index (χ0n) is 8.38. The Labute approximate surface area is 108 Å². The first kappa shape index (κ1) is 13.3. The third-order valence-corrected chi connectivity index (χ3v) is 2.29. The standard InChI is InChI=1S/C10H9Cl3N2O/c1-7(8-5-3-2-4-6-8)14-15-9(16)10(11,12)13/h2-6H,1H3,(H,15,16)/b14-7+. The van der Waals surface area contributed by atoms with Crippen molar-refractivity contribution in [2.45, 2.75) is 10.7 Å². The van der Waals surface area contributed by atoms with Gasteiger partial charge in [-0.2, -0.15) is 5.10 Å². The van der Waals surface area contributed by atoms with Gasteiger partial charge >= 0.3 is 0 Å². The lowest BCUT2D eigenvalue weighted by atomic mass is 10.1. The van der Waals surface area contributed by atoms with Crippen LogP contribution in [0, 0.1) is 0 Å². The molecule has 16 heavy (non-hydrogen) atoms. The summed E-state index contributed by atoms with van der Waals surface area (Å²) in [6.07, 6.45) is 0. The second-order valence-corrected chi connectivity index (χ2v) is 5.28. The summed E-state index contributed by atoms with van der Waals surface area (Å²) >= 11 is 16.1. The van der Waals surface area contributed by atoms with Crippen molar-refractivity contribution in [1.82, 2.24) is 5.43 Å². The van der Waals surface area contributed by atoms with E-state index in [9.17, 15) is 4.79 Å². The van der Waals surface area contributed by atoms with Gasteiger partial charge in [-0.25, -0.2) is 5.43 Å². The number of hydrazone groups is 1. The molecule has 0 spiro atoms. The van der Waals surface area contributed by atoms with Crippen LogP contribution in [0.5, 0.6) is 0 Å². The van der Waals surface area contributed by atoms with Gasteiger partial charge in [-0.15, -0.1) is 0 Å². The Balaban J connectivity index is 2.70. The number of hydrogen-bond donors (Lipinski definition) is 1. The largest absolute Gasteiger partial charge is 0.292 e. The molecular weight excluding hydrogens is 270 g/mol. The van der Waals surface area contributed by atoms with Crippen molar-refractivity contribution in [3.8, 4) is 0 Å². The molecule has 0 aliphatic carbocycles. The number of nitrogens with one attached hydrogen (secondary N) is 1. The van der Waals surface area contributed by atoms with Gasteiger partial charge in [-0.3, -0.25) is 4.79 Å². The maximum absolute atomic E-state index is 11.2. The van der Waals surface area contributed by atoms with Crippen LogP contribution in [0.25, 0.3) is 0 Å². The van der Waals surface area contributed by atoms with Crippen LogP contribution in [0.1, 0.15) is 12.5 Å². The Kier molecular flexibility index (Phi) is 4.59. The molecule has 0 aliphatic rings. The van der Waals surface area contributed by atoms with Gasteiger partial charge in [0.05, 0.1) is 5.71 Å². The molecule has 1 aromatic rings. The van der Waals surface area contributed by atoms with Crippen molar-refractivity contribution >= 4 is 46.4 Å². The molecule has 0 saturated heterocycles. The molecule has 0 unspecified atom stereocenters. The molecule has 0 bridgehead atoms. The van der Waals surface area contributed by atoms with Crippen molar-refractivity contribution < 1.29 is 4.79 Å². The van der Waals surface area contributed by atoms with Gasteiger partial charge in [0.1, 0.15) is 0 Å². The van der Waals surface area contributed by atoms with E-state index in [4.69, 9.17) is 34.8 Å². The highest BCUT2D eigenvalue weighted by atomic mass is 35.6. The van der Waals surface area contributed by atoms with Crippen molar-refractivity contribution in [2.75, 3.05) is 0 Å². The molecule has 1 aromatic carbocycles. The van der Waals surface area contributed by atoms with Crippen LogP contribution < -0.4 is 5.43 Å². The summed E-state index contributed by atoms with van der Waals surface area (Å²) in [4.78, 5) is 11.2. The van der Waals surface area contributed by atoms with Crippen LogP contribution in [0.2, 0.25) is 0 Å². The summed E-state index contributed by atoms with van der Waals surface area (Å²) in [6, 6.07) is 9.34. The molecule has 86 valence electrons. The van der Waals surface area contributed by atoms with Crippen LogP contribution in [0.4, 0.5) is 0 Å². The molecule has 3 nitrogen and oxygen atoms in total. The van der Waals surface area contributed by atoms with Crippen LogP contribution in [0.3, 0.4) is 0 Å². The summed E-state index contributed by atoms with van der Waals surface area (Å²) in [5.74, 6) is -0.784. The Bertz CT molecular complexity index is 398. The molecular formula is C10H9Cl3N2O. The van der Waals surface area contributed by atoms with Crippen molar-refractivity contribution in [3.05, 3.63) is 35.9 Å². The monoisotopic (exact) mass is 278 g/mol. The van der Waals surface area contributed by atoms with E-state index in [2.05, 4.69) is 10.5 Å². The Morgan fingerprint density at radius 3 is 2.31 bits per heavy atom. The SMILES string of the molecule is C/C(=N\NC(=O)C(Cl)(Cl)Cl)c1ccccc1. The lowest BCUT2D eigenvalue weighted by Crippen LogP contribution is -2.31. The molecule has 0 fully saturated rings. The number of carbonyl (C=O) groups is 1. The zero-order valence-corrected chi connectivity index (χ0v) is 10.6. The van der Waals surface area contributed by atoms with E-state index in [1.807, 2.05) is 30.3 Å². The molecule has 0 heterocycles. The van der Waals surface area contributed by atoms with Gasteiger partial charge in [0.25, 0.3) is 9.70 Å². The lowest BCUT2D eigenvalue weighted by Gasteiger charge is -2.08. The molecule has 6 heteroatoms. The van der Waals surface area contributed by atoms with E-state index in [0.29, 0.717) is 5.71 Å². The van der Waals surface area contributed by atoms with Crippen LogP contribution in [-0.2, 0) is 4.79 Å². The van der Waals surface area contributed by atoms with Crippen LogP contribution >= 0.6 is 34.8 Å². The van der Waals surface area contributed by atoms with Crippen molar-refractivity contribution in [2.24, 2.45) is 5.10 Å². The maximum Gasteiger partial charge on any atom is 0.292 e. The fraction of sp³-hybridized carbons (Fsp3) is 0.200. The first-order chi connectivity index (χ1) is 7.41. The normalized spacial score (nSPS) is 12.4. The average molecular weight is 280 g/mol. The summed E-state index contributed by atoms with van der Waals surface area (Å²) in [5.41, 5.74) is 3.68. The van der Waals surface area contributed by atoms with Gasteiger partial charge in [-0.1, -0.05) is 65.1 Å². The van der Waals surface area contributed by atoms with E-state index in [1.165, 1.54) is 0 Å². The minimum atomic E-state index is -2.00.